The van der Waals surface area contributed by atoms with Gasteiger partial charge in [0.05, 0.1) is 18.7 Å². The van der Waals surface area contributed by atoms with Crippen molar-refractivity contribution in [3.8, 4) is 0 Å². The number of likely N-dealkylation sites (tertiary alicyclic amines) is 1. The summed E-state index contributed by atoms with van der Waals surface area (Å²) < 4.78 is 10.5. The first-order valence-electron chi connectivity index (χ1n) is 7.31. The van der Waals surface area contributed by atoms with Crippen LogP contribution in [-0.4, -0.2) is 71.1 Å². The molecular formula is C14H24N2O5. The van der Waals surface area contributed by atoms with Crippen molar-refractivity contribution in [1.29, 1.82) is 0 Å². The number of piperidine rings is 1. The Labute approximate surface area is 124 Å². The van der Waals surface area contributed by atoms with Crippen LogP contribution in [0.5, 0.6) is 0 Å². The van der Waals surface area contributed by atoms with Crippen LogP contribution >= 0.6 is 0 Å². The van der Waals surface area contributed by atoms with Crippen LogP contribution in [0.2, 0.25) is 0 Å². The maximum Gasteiger partial charge on any atom is 0.410 e. The van der Waals surface area contributed by atoms with E-state index in [1.807, 2.05) is 20.8 Å². The highest BCUT2D eigenvalue weighted by molar-refractivity contribution is 5.72. The number of hydrogen-bond acceptors (Lipinski definition) is 5. The number of ether oxygens (including phenoxy) is 2. The van der Waals surface area contributed by atoms with E-state index in [1.165, 1.54) is 0 Å². The fourth-order valence-corrected chi connectivity index (χ4v) is 2.91. The number of aliphatic hydroxyl groups excluding tert-OH is 1. The van der Waals surface area contributed by atoms with Crippen LogP contribution in [0.25, 0.3) is 0 Å². The van der Waals surface area contributed by atoms with Gasteiger partial charge in [0.25, 0.3) is 0 Å². The van der Waals surface area contributed by atoms with Crippen molar-refractivity contribution in [2.45, 2.75) is 44.8 Å². The number of cyclic esters (lactones) is 1. The number of β-amino-alcohol motifs (C(OH)–C–C–N with tert-alkyl or cyclic N) is 1. The van der Waals surface area contributed by atoms with E-state index < -0.39 is 17.2 Å². The molecule has 7 heteroatoms. The lowest BCUT2D eigenvalue weighted by molar-refractivity contribution is -0.00120. The second kappa shape index (κ2) is 5.71. The highest BCUT2D eigenvalue weighted by Gasteiger charge is 2.50. The van der Waals surface area contributed by atoms with E-state index in [4.69, 9.17) is 14.6 Å². The number of amides is 2. The van der Waals surface area contributed by atoms with Crippen LogP contribution in [0.4, 0.5) is 9.59 Å². The van der Waals surface area contributed by atoms with E-state index in [2.05, 4.69) is 0 Å². The molecule has 120 valence electrons. The van der Waals surface area contributed by atoms with Crippen molar-refractivity contribution in [2.75, 3.05) is 32.8 Å². The minimum Gasteiger partial charge on any atom is -0.447 e. The normalized spacial score (nSPS) is 26.2. The average molecular weight is 300 g/mol. The first kappa shape index (κ1) is 15.9. The van der Waals surface area contributed by atoms with E-state index >= 15 is 0 Å². The molecule has 0 radical (unpaired) electrons. The van der Waals surface area contributed by atoms with Gasteiger partial charge >= 0.3 is 12.2 Å². The largest absolute Gasteiger partial charge is 0.447 e. The first-order valence-corrected chi connectivity index (χ1v) is 7.31. The molecule has 0 saturated carbocycles. The van der Waals surface area contributed by atoms with Gasteiger partial charge in [0.15, 0.2) is 0 Å². The highest BCUT2D eigenvalue weighted by atomic mass is 16.6. The van der Waals surface area contributed by atoms with Gasteiger partial charge in [-0.1, -0.05) is 0 Å². The number of nitrogens with zero attached hydrogens (tertiary/aromatic N) is 2. The Bertz CT molecular complexity index is 420. The Morgan fingerprint density at radius 2 is 2.19 bits per heavy atom. The Morgan fingerprint density at radius 3 is 2.81 bits per heavy atom. The molecule has 1 spiro atoms. The van der Waals surface area contributed by atoms with Crippen LogP contribution in [0, 0.1) is 0 Å². The fourth-order valence-electron chi connectivity index (χ4n) is 2.91. The molecule has 1 N–H and O–H groups in total. The summed E-state index contributed by atoms with van der Waals surface area (Å²) >= 11 is 0. The summed E-state index contributed by atoms with van der Waals surface area (Å²) in [6.07, 6.45) is 0.746. The van der Waals surface area contributed by atoms with Crippen LogP contribution in [-0.2, 0) is 9.47 Å². The van der Waals surface area contributed by atoms with E-state index in [9.17, 15) is 9.59 Å². The minimum absolute atomic E-state index is 0.122. The van der Waals surface area contributed by atoms with Crippen LogP contribution in [0.15, 0.2) is 0 Å². The van der Waals surface area contributed by atoms with Crippen molar-refractivity contribution in [3.05, 3.63) is 0 Å². The molecule has 2 fully saturated rings. The zero-order chi connectivity index (χ0) is 15.7. The molecule has 0 aromatic rings. The van der Waals surface area contributed by atoms with Gasteiger partial charge in [0, 0.05) is 13.1 Å². The lowest BCUT2D eigenvalue weighted by Gasteiger charge is -2.43. The first-order chi connectivity index (χ1) is 9.77. The van der Waals surface area contributed by atoms with Crippen LogP contribution in [0.1, 0.15) is 33.6 Å². The number of aliphatic hydroxyl groups is 1. The fraction of sp³-hybridized carbons (Fsp3) is 0.857. The molecule has 2 rings (SSSR count). The third kappa shape index (κ3) is 3.40. The molecule has 0 aromatic heterocycles. The number of carbonyl (C=O) groups is 2. The van der Waals surface area contributed by atoms with Gasteiger partial charge in [-0.25, -0.2) is 9.59 Å². The van der Waals surface area contributed by atoms with Crippen LogP contribution < -0.4 is 0 Å². The maximum absolute atomic E-state index is 12.2. The van der Waals surface area contributed by atoms with Crippen LogP contribution in [0.3, 0.4) is 0 Å². The summed E-state index contributed by atoms with van der Waals surface area (Å²) in [4.78, 5) is 27.2. The monoisotopic (exact) mass is 300 g/mol. The zero-order valence-corrected chi connectivity index (χ0v) is 12.9. The van der Waals surface area contributed by atoms with Crippen molar-refractivity contribution in [3.63, 3.8) is 0 Å². The molecule has 7 nitrogen and oxygen atoms in total. The smallest absolute Gasteiger partial charge is 0.410 e. The Hall–Kier alpha value is -1.50. The molecule has 2 saturated heterocycles. The predicted octanol–water partition coefficient (Wildman–Crippen LogP) is 1.20. The minimum atomic E-state index is -0.547. The zero-order valence-electron chi connectivity index (χ0n) is 12.9. The van der Waals surface area contributed by atoms with E-state index in [1.54, 1.807) is 9.80 Å². The molecule has 0 bridgehead atoms. The van der Waals surface area contributed by atoms with Gasteiger partial charge < -0.3 is 19.5 Å². The molecular weight excluding hydrogens is 276 g/mol. The quantitative estimate of drug-likeness (QED) is 0.829. The molecule has 0 aromatic carbocycles. The number of carbonyl (C=O) groups excluding carboxylic acids is 2. The second-order valence-corrected chi connectivity index (χ2v) is 6.66. The Morgan fingerprint density at radius 1 is 1.48 bits per heavy atom. The molecule has 1 atom stereocenters. The lowest BCUT2D eigenvalue weighted by atomic mass is 9.89. The van der Waals surface area contributed by atoms with Crippen molar-refractivity contribution in [1.82, 2.24) is 9.80 Å². The summed E-state index contributed by atoms with van der Waals surface area (Å²) in [5.41, 5.74) is -1.08. The number of rotatable bonds is 2. The molecule has 1 unspecified atom stereocenters. The van der Waals surface area contributed by atoms with Gasteiger partial charge in [0.2, 0.25) is 0 Å². The standard InChI is InChI=1S/C14H24N2O5/c1-13(2,3)21-11(18)15-6-4-5-14(9-15)10-20-12(19)16(14)7-8-17/h17H,4-10H2,1-3H3. The highest BCUT2D eigenvalue weighted by Crippen LogP contribution is 2.33. The average Bonchev–Trinajstić information content (AvgIpc) is 2.67. The summed E-state index contributed by atoms with van der Waals surface area (Å²) in [5.74, 6) is 0. The summed E-state index contributed by atoms with van der Waals surface area (Å²) in [7, 11) is 0. The molecule has 2 heterocycles. The molecule has 0 aliphatic carbocycles. The lowest BCUT2D eigenvalue weighted by Crippen LogP contribution is -2.59. The van der Waals surface area contributed by atoms with Gasteiger partial charge in [-0.2, -0.15) is 0 Å². The molecule has 2 aliphatic rings. The van der Waals surface area contributed by atoms with Gasteiger partial charge in [0.1, 0.15) is 12.2 Å². The maximum atomic E-state index is 12.2. The third-order valence-corrected chi connectivity index (χ3v) is 3.79. The van der Waals surface area contributed by atoms with Crippen molar-refractivity contribution >= 4 is 12.2 Å². The predicted molar refractivity (Wildman–Crippen MR) is 74.9 cm³/mol. The Kier molecular flexibility index (Phi) is 4.32. The van der Waals surface area contributed by atoms with Gasteiger partial charge in [-0.15, -0.1) is 0 Å². The van der Waals surface area contributed by atoms with Crippen molar-refractivity contribution < 1.29 is 24.2 Å². The van der Waals surface area contributed by atoms with E-state index in [0.29, 0.717) is 13.1 Å². The summed E-state index contributed by atoms with van der Waals surface area (Å²) in [6, 6.07) is 0. The van der Waals surface area contributed by atoms with Gasteiger partial charge in [-0.05, 0) is 33.6 Å². The third-order valence-electron chi connectivity index (χ3n) is 3.79. The van der Waals surface area contributed by atoms with E-state index in [-0.39, 0.29) is 25.9 Å². The van der Waals surface area contributed by atoms with E-state index in [0.717, 1.165) is 12.8 Å². The number of hydrogen-bond donors (Lipinski definition) is 1. The molecule has 2 amide bonds. The van der Waals surface area contributed by atoms with Crippen molar-refractivity contribution in [2.24, 2.45) is 0 Å². The molecule has 21 heavy (non-hydrogen) atoms. The molecule has 2 aliphatic heterocycles. The van der Waals surface area contributed by atoms with Gasteiger partial charge in [-0.3, -0.25) is 4.90 Å². The summed E-state index contributed by atoms with van der Waals surface area (Å²) in [6.45, 7) is 6.82. The topological polar surface area (TPSA) is 79.3 Å². The Balaban J connectivity index is 2.09. The second-order valence-electron chi connectivity index (χ2n) is 6.66. The SMILES string of the molecule is CC(C)(C)OC(=O)N1CCCC2(COC(=O)N2CCO)C1. The summed E-state index contributed by atoms with van der Waals surface area (Å²) in [5, 5.41) is 9.13.